The number of nitriles is 1. The van der Waals surface area contributed by atoms with Gasteiger partial charge in [-0.15, -0.1) is 0 Å². The maximum Gasteiger partial charge on any atom is 0.166 e. The summed E-state index contributed by atoms with van der Waals surface area (Å²) in [6.07, 6.45) is 2.67. The average Bonchev–Trinajstić information content (AvgIpc) is 2.80. The van der Waals surface area contributed by atoms with Gasteiger partial charge >= 0.3 is 0 Å². The first-order valence-electron chi connectivity index (χ1n) is 10.4. The third-order valence-corrected chi connectivity index (χ3v) is 5.27. The summed E-state index contributed by atoms with van der Waals surface area (Å²) in [5.74, 6) is -0.0184. The van der Waals surface area contributed by atoms with Crippen molar-refractivity contribution < 1.29 is 9.13 Å². The molecule has 3 rings (SSSR count). The van der Waals surface area contributed by atoms with Crippen molar-refractivity contribution in [2.24, 2.45) is 0 Å². The van der Waals surface area contributed by atoms with Gasteiger partial charge in [-0.05, 0) is 43.7 Å². The van der Waals surface area contributed by atoms with E-state index in [1.807, 2.05) is 13.0 Å². The Morgan fingerprint density at radius 1 is 1.42 bits per heavy atom. The van der Waals surface area contributed by atoms with Crippen LogP contribution in [-0.4, -0.2) is 30.0 Å². The number of hydrogen-bond donors (Lipinski definition) is 5. The molecule has 2 heterocycles. The fraction of sp³-hybridized carbons (Fsp3) is 0.250. The highest BCUT2D eigenvalue weighted by molar-refractivity contribution is 6.17. The summed E-state index contributed by atoms with van der Waals surface area (Å²) in [5.41, 5.74) is 8.91. The molecular weight excluding hydrogens is 421 g/mol. The van der Waals surface area contributed by atoms with Gasteiger partial charge in [0.05, 0.1) is 5.71 Å². The van der Waals surface area contributed by atoms with E-state index in [0.29, 0.717) is 40.1 Å². The van der Waals surface area contributed by atoms with Crippen molar-refractivity contribution in [2.45, 2.75) is 26.4 Å². The van der Waals surface area contributed by atoms with Crippen molar-refractivity contribution in [2.75, 3.05) is 19.3 Å². The van der Waals surface area contributed by atoms with Gasteiger partial charge in [-0.25, -0.2) is 9.37 Å². The molecule has 0 fully saturated rings. The zero-order valence-corrected chi connectivity index (χ0v) is 18.7. The minimum absolute atomic E-state index is 0.111. The number of nitrogen functional groups attached to an aromatic ring is 1. The zero-order valence-electron chi connectivity index (χ0n) is 18.7. The monoisotopic (exact) mass is 447 g/mol. The van der Waals surface area contributed by atoms with Gasteiger partial charge in [0.15, 0.2) is 11.6 Å². The highest BCUT2D eigenvalue weighted by Crippen LogP contribution is 2.34. The Bertz CT molecular complexity index is 1210. The number of anilines is 1. The summed E-state index contributed by atoms with van der Waals surface area (Å²) >= 11 is 0. The van der Waals surface area contributed by atoms with Gasteiger partial charge in [-0.2, -0.15) is 5.26 Å². The van der Waals surface area contributed by atoms with Crippen LogP contribution in [0.25, 0.3) is 5.70 Å². The van der Waals surface area contributed by atoms with E-state index in [0.717, 1.165) is 0 Å². The number of allylic oxidation sites excluding steroid dienone is 2. The van der Waals surface area contributed by atoms with Crippen molar-refractivity contribution >= 4 is 22.9 Å². The Balaban J connectivity index is 2.37. The highest BCUT2D eigenvalue weighted by Gasteiger charge is 2.24. The van der Waals surface area contributed by atoms with Crippen LogP contribution in [0.5, 0.6) is 5.75 Å². The van der Waals surface area contributed by atoms with E-state index >= 15 is 0 Å². The lowest BCUT2D eigenvalue weighted by Crippen LogP contribution is -2.21. The second-order valence-electron chi connectivity index (χ2n) is 7.48. The molecule has 6 N–H and O–H groups in total. The van der Waals surface area contributed by atoms with Gasteiger partial charge in [0.1, 0.15) is 23.7 Å². The van der Waals surface area contributed by atoms with Crippen molar-refractivity contribution in [3.63, 3.8) is 0 Å². The lowest BCUT2D eigenvalue weighted by atomic mass is 9.89. The number of halogens is 1. The molecule has 0 saturated heterocycles. The van der Waals surface area contributed by atoms with Gasteiger partial charge < -0.3 is 21.1 Å². The lowest BCUT2D eigenvalue weighted by molar-refractivity contribution is 0.227. The van der Waals surface area contributed by atoms with Crippen molar-refractivity contribution in [1.82, 2.24) is 15.6 Å². The number of hydrogen-bond acceptors (Lipinski definition) is 8. The standard InChI is InChI=1S/C24H26FN7O/c1-4-31-23-15-8-21(24(29)32-12-15)33-13(2)18-9-16(25)5-6-17(18)22(28)14(11-30-3)7-19(23)20(27)10-26/h5-6,8-9,11-13,27-28,30-31H,4,7H2,1-3H3,(H2,29,32)/b14-11-,23-19-,27-20?,28-22?. The van der Waals surface area contributed by atoms with Gasteiger partial charge in [-0.1, -0.05) is 0 Å². The molecule has 1 aliphatic rings. The number of pyridine rings is 1. The molecule has 1 atom stereocenters. The Kier molecular flexibility index (Phi) is 7.08. The normalized spacial score (nSPS) is 19.4. The van der Waals surface area contributed by atoms with E-state index < -0.39 is 11.9 Å². The number of fused-ring (bicyclic) bond motifs is 3. The molecule has 170 valence electrons. The zero-order chi connectivity index (χ0) is 24.1. The van der Waals surface area contributed by atoms with Crippen LogP contribution in [0.2, 0.25) is 0 Å². The van der Waals surface area contributed by atoms with E-state index in [9.17, 15) is 9.65 Å². The first kappa shape index (κ1) is 23.5. The Labute approximate surface area is 192 Å². The number of nitrogens with one attached hydrogen (secondary N) is 4. The number of nitrogens with two attached hydrogens (primary N) is 1. The molecule has 0 saturated carbocycles. The molecule has 0 radical (unpaired) electrons. The number of aromatic nitrogens is 1. The minimum atomic E-state index is -0.630. The van der Waals surface area contributed by atoms with E-state index in [2.05, 4.69) is 15.6 Å². The van der Waals surface area contributed by atoms with Crippen LogP contribution >= 0.6 is 0 Å². The summed E-state index contributed by atoms with van der Waals surface area (Å²) < 4.78 is 20.3. The number of nitrogens with zero attached hydrogens (tertiary/aromatic N) is 2. The van der Waals surface area contributed by atoms with E-state index in [1.165, 1.54) is 18.2 Å². The van der Waals surface area contributed by atoms with Crippen LogP contribution < -0.4 is 21.1 Å². The summed E-state index contributed by atoms with van der Waals surface area (Å²) in [7, 11) is 1.70. The third kappa shape index (κ3) is 4.85. The van der Waals surface area contributed by atoms with Crippen LogP contribution in [0.4, 0.5) is 10.2 Å². The molecule has 0 aliphatic carbocycles. The van der Waals surface area contributed by atoms with Gasteiger partial charge in [-0.3, -0.25) is 10.8 Å². The Morgan fingerprint density at radius 2 is 2.18 bits per heavy atom. The molecule has 8 nitrogen and oxygen atoms in total. The van der Waals surface area contributed by atoms with Crippen LogP contribution in [0.1, 0.15) is 43.1 Å². The quantitative estimate of drug-likeness (QED) is 0.452. The molecule has 1 aromatic heterocycles. The highest BCUT2D eigenvalue weighted by atomic mass is 19.1. The van der Waals surface area contributed by atoms with Crippen LogP contribution in [0.15, 0.2) is 47.8 Å². The molecule has 33 heavy (non-hydrogen) atoms. The SMILES string of the molecule is CCN/C1=C(\C(=N)C#N)C/C(=C/NC)C(=N)c2ccc(F)cc2C(C)Oc2cc1cnc2N. The second kappa shape index (κ2) is 9.96. The summed E-state index contributed by atoms with van der Waals surface area (Å²) in [5, 5.41) is 33.0. The van der Waals surface area contributed by atoms with E-state index in [1.54, 1.807) is 32.4 Å². The predicted molar refractivity (Wildman–Crippen MR) is 127 cm³/mol. The summed E-state index contributed by atoms with van der Waals surface area (Å²) in [6, 6.07) is 7.75. The lowest BCUT2D eigenvalue weighted by Gasteiger charge is -2.24. The number of ether oxygens (including phenoxy) is 1. The fourth-order valence-corrected chi connectivity index (χ4v) is 3.72. The van der Waals surface area contributed by atoms with Crippen LogP contribution in [-0.2, 0) is 0 Å². The summed E-state index contributed by atoms with van der Waals surface area (Å²) in [4.78, 5) is 4.24. The van der Waals surface area contributed by atoms with E-state index in [4.69, 9.17) is 21.3 Å². The second-order valence-corrected chi connectivity index (χ2v) is 7.48. The predicted octanol–water partition coefficient (Wildman–Crippen LogP) is 3.68. The van der Waals surface area contributed by atoms with Gasteiger partial charge in [0.25, 0.3) is 0 Å². The average molecular weight is 448 g/mol. The molecule has 1 unspecified atom stereocenters. The molecule has 1 aromatic carbocycles. The molecule has 0 spiro atoms. The molecule has 2 aromatic rings. The van der Waals surface area contributed by atoms with Crippen molar-refractivity contribution in [3.05, 3.63) is 70.3 Å². The fourth-order valence-electron chi connectivity index (χ4n) is 3.72. The third-order valence-electron chi connectivity index (χ3n) is 5.27. The van der Waals surface area contributed by atoms with Crippen molar-refractivity contribution in [1.29, 1.82) is 16.1 Å². The molecule has 1 aliphatic heterocycles. The summed E-state index contributed by atoms with van der Waals surface area (Å²) in [6.45, 7) is 4.18. The van der Waals surface area contributed by atoms with Gasteiger partial charge in [0.2, 0.25) is 0 Å². The Morgan fingerprint density at radius 3 is 2.85 bits per heavy atom. The first-order chi connectivity index (χ1) is 15.8. The maximum atomic E-state index is 14.2. The van der Waals surface area contributed by atoms with Gasteiger partial charge in [0, 0.05) is 60.4 Å². The van der Waals surface area contributed by atoms with Crippen LogP contribution in [0.3, 0.4) is 0 Å². The topological polar surface area (TPSA) is 144 Å². The number of rotatable bonds is 4. The van der Waals surface area contributed by atoms with Crippen LogP contribution in [0, 0.1) is 28.0 Å². The molecule has 0 amide bonds. The van der Waals surface area contributed by atoms with Crippen molar-refractivity contribution in [3.8, 4) is 11.8 Å². The smallest absolute Gasteiger partial charge is 0.166 e. The molecule has 2 bridgehead atoms. The minimum Gasteiger partial charge on any atom is -0.482 e. The van der Waals surface area contributed by atoms with E-state index in [-0.39, 0.29) is 29.4 Å². The largest absolute Gasteiger partial charge is 0.482 e. The first-order valence-corrected chi connectivity index (χ1v) is 10.4. The maximum absolute atomic E-state index is 14.2. The molecule has 9 heteroatoms. The molecular formula is C24H26FN7O. The number of benzene rings is 1. The Hall–Kier alpha value is -4.19.